The third kappa shape index (κ3) is 4.31. The number of carbonyl (C=O) groups is 1. The number of carbonyl (C=O) groups excluding carboxylic acids is 1. The Bertz CT molecular complexity index is 1110. The number of likely N-dealkylation sites (tertiary alicyclic amines) is 1. The number of anilines is 1. The summed E-state index contributed by atoms with van der Waals surface area (Å²) in [5.41, 5.74) is 10.2. The van der Waals surface area contributed by atoms with Gasteiger partial charge in [0.25, 0.3) is 0 Å². The maximum absolute atomic E-state index is 13.4. The van der Waals surface area contributed by atoms with Gasteiger partial charge in [0.05, 0.1) is 12.5 Å². The SMILES string of the molecule is COc1ccc(C(C)(C)C(=O)N2CC[C@@H](c3cc(-c4ccc(N)nc4)cc(C)n3)C2)cc1. The van der Waals surface area contributed by atoms with Gasteiger partial charge in [-0.1, -0.05) is 12.1 Å². The fourth-order valence-electron chi connectivity index (χ4n) is 4.36. The number of rotatable bonds is 5. The zero-order chi connectivity index (χ0) is 22.9. The molecule has 2 N–H and O–H groups in total. The number of pyridine rings is 2. The molecule has 6 nitrogen and oxygen atoms in total. The van der Waals surface area contributed by atoms with Crippen LogP contribution in [0.2, 0.25) is 0 Å². The molecule has 0 aliphatic carbocycles. The molecule has 1 aliphatic heterocycles. The van der Waals surface area contributed by atoms with Gasteiger partial charge >= 0.3 is 0 Å². The van der Waals surface area contributed by atoms with Gasteiger partial charge < -0.3 is 15.4 Å². The minimum absolute atomic E-state index is 0.140. The molecule has 166 valence electrons. The van der Waals surface area contributed by atoms with E-state index in [1.54, 1.807) is 13.3 Å². The highest BCUT2D eigenvalue weighted by Crippen LogP contribution is 2.34. The average Bonchev–Trinajstić information content (AvgIpc) is 3.29. The van der Waals surface area contributed by atoms with Gasteiger partial charge in [-0.05, 0) is 74.7 Å². The first-order valence-electron chi connectivity index (χ1n) is 10.9. The van der Waals surface area contributed by atoms with Crippen molar-refractivity contribution in [2.75, 3.05) is 25.9 Å². The van der Waals surface area contributed by atoms with E-state index >= 15 is 0 Å². The van der Waals surface area contributed by atoms with E-state index in [4.69, 9.17) is 15.5 Å². The van der Waals surface area contributed by atoms with Crippen molar-refractivity contribution < 1.29 is 9.53 Å². The second-order valence-corrected chi connectivity index (χ2v) is 8.98. The molecular weight excluding hydrogens is 400 g/mol. The molecule has 1 atom stereocenters. The van der Waals surface area contributed by atoms with Crippen LogP contribution in [0.25, 0.3) is 11.1 Å². The van der Waals surface area contributed by atoms with Crippen LogP contribution in [0, 0.1) is 6.92 Å². The number of hydrogen-bond donors (Lipinski definition) is 1. The third-order valence-corrected chi connectivity index (χ3v) is 6.33. The molecule has 0 radical (unpaired) electrons. The van der Waals surface area contributed by atoms with Gasteiger partial charge in [0.15, 0.2) is 0 Å². The van der Waals surface area contributed by atoms with E-state index in [2.05, 4.69) is 17.1 Å². The minimum atomic E-state index is -0.609. The molecule has 2 aromatic heterocycles. The lowest BCUT2D eigenvalue weighted by molar-refractivity contribution is -0.135. The quantitative estimate of drug-likeness (QED) is 0.651. The second-order valence-electron chi connectivity index (χ2n) is 8.98. The van der Waals surface area contributed by atoms with Crippen molar-refractivity contribution in [3.05, 3.63) is 71.7 Å². The van der Waals surface area contributed by atoms with E-state index in [1.807, 2.05) is 62.1 Å². The Morgan fingerprint density at radius 3 is 2.53 bits per heavy atom. The number of ether oxygens (including phenoxy) is 1. The summed E-state index contributed by atoms with van der Waals surface area (Å²) in [6.07, 6.45) is 2.69. The van der Waals surface area contributed by atoms with E-state index in [0.717, 1.165) is 46.8 Å². The highest BCUT2D eigenvalue weighted by atomic mass is 16.5. The van der Waals surface area contributed by atoms with Crippen LogP contribution in [-0.2, 0) is 10.2 Å². The number of amides is 1. The molecule has 3 heterocycles. The molecule has 1 saturated heterocycles. The number of nitrogens with two attached hydrogens (primary N) is 1. The summed E-state index contributed by atoms with van der Waals surface area (Å²) in [5, 5.41) is 0. The van der Waals surface area contributed by atoms with Crippen LogP contribution in [0.15, 0.2) is 54.7 Å². The van der Waals surface area contributed by atoms with Gasteiger partial charge in [-0.15, -0.1) is 0 Å². The van der Waals surface area contributed by atoms with E-state index < -0.39 is 5.41 Å². The summed E-state index contributed by atoms with van der Waals surface area (Å²) in [5.74, 6) is 1.65. The minimum Gasteiger partial charge on any atom is -0.497 e. The maximum Gasteiger partial charge on any atom is 0.232 e. The second kappa shape index (κ2) is 8.61. The van der Waals surface area contributed by atoms with E-state index in [-0.39, 0.29) is 11.8 Å². The topological polar surface area (TPSA) is 81.3 Å². The van der Waals surface area contributed by atoms with Crippen molar-refractivity contribution in [1.82, 2.24) is 14.9 Å². The molecule has 0 spiro atoms. The smallest absolute Gasteiger partial charge is 0.232 e. The third-order valence-electron chi connectivity index (χ3n) is 6.33. The van der Waals surface area contributed by atoms with Gasteiger partial charge in [-0.25, -0.2) is 4.98 Å². The van der Waals surface area contributed by atoms with Crippen molar-refractivity contribution in [2.45, 2.75) is 38.5 Å². The molecule has 1 fully saturated rings. The summed E-state index contributed by atoms with van der Waals surface area (Å²) < 4.78 is 5.25. The largest absolute Gasteiger partial charge is 0.497 e. The van der Waals surface area contributed by atoms with Gasteiger partial charge in [0, 0.05) is 42.2 Å². The number of aryl methyl sites for hydroxylation is 1. The van der Waals surface area contributed by atoms with Crippen LogP contribution in [-0.4, -0.2) is 41.0 Å². The number of hydrogen-bond acceptors (Lipinski definition) is 5. The Morgan fingerprint density at radius 1 is 1.12 bits per heavy atom. The number of nitrogens with zero attached hydrogens (tertiary/aromatic N) is 3. The molecule has 0 bridgehead atoms. The normalized spacial score (nSPS) is 16.2. The van der Waals surface area contributed by atoms with Crippen LogP contribution >= 0.6 is 0 Å². The summed E-state index contributed by atoms with van der Waals surface area (Å²) in [6.45, 7) is 7.39. The van der Waals surface area contributed by atoms with Crippen molar-refractivity contribution in [2.24, 2.45) is 0 Å². The highest BCUT2D eigenvalue weighted by Gasteiger charge is 2.37. The van der Waals surface area contributed by atoms with Crippen molar-refractivity contribution in [1.29, 1.82) is 0 Å². The van der Waals surface area contributed by atoms with Crippen LogP contribution in [0.3, 0.4) is 0 Å². The zero-order valence-corrected chi connectivity index (χ0v) is 19.1. The molecule has 1 aliphatic rings. The predicted octanol–water partition coefficient (Wildman–Crippen LogP) is 4.34. The molecule has 1 amide bonds. The highest BCUT2D eigenvalue weighted by molar-refractivity contribution is 5.87. The fourth-order valence-corrected chi connectivity index (χ4v) is 4.36. The van der Waals surface area contributed by atoms with Crippen molar-refractivity contribution in [3.63, 3.8) is 0 Å². The first-order chi connectivity index (χ1) is 15.3. The summed E-state index contributed by atoms with van der Waals surface area (Å²) >= 11 is 0. The molecule has 1 aromatic carbocycles. The lowest BCUT2D eigenvalue weighted by Crippen LogP contribution is -2.42. The summed E-state index contributed by atoms with van der Waals surface area (Å²) in [6, 6.07) is 15.7. The monoisotopic (exact) mass is 430 g/mol. The molecular formula is C26H30N4O2. The maximum atomic E-state index is 13.4. The van der Waals surface area contributed by atoms with Crippen molar-refractivity contribution in [3.8, 4) is 16.9 Å². The lowest BCUT2D eigenvalue weighted by atomic mass is 9.83. The van der Waals surface area contributed by atoms with Gasteiger partial charge in [-0.2, -0.15) is 0 Å². The Morgan fingerprint density at radius 2 is 1.88 bits per heavy atom. The molecule has 0 unspecified atom stereocenters. The van der Waals surface area contributed by atoms with E-state index in [9.17, 15) is 4.79 Å². The number of nitrogen functional groups attached to an aromatic ring is 1. The van der Waals surface area contributed by atoms with Gasteiger partial charge in [0.2, 0.25) is 5.91 Å². The zero-order valence-electron chi connectivity index (χ0n) is 19.1. The Labute approximate surface area is 189 Å². The number of benzene rings is 1. The predicted molar refractivity (Wildman–Crippen MR) is 127 cm³/mol. The Balaban J connectivity index is 1.52. The van der Waals surface area contributed by atoms with E-state index in [1.165, 1.54) is 0 Å². The Kier molecular flexibility index (Phi) is 5.87. The Hall–Kier alpha value is -3.41. The average molecular weight is 431 g/mol. The van der Waals surface area contributed by atoms with Gasteiger partial charge in [-0.3, -0.25) is 9.78 Å². The van der Waals surface area contributed by atoms with Crippen LogP contribution in [0.1, 0.15) is 43.1 Å². The number of aromatic nitrogens is 2. The van der Waals surface area contributed by atoms with E-state index in [0.29, 0.717) is 12.4 Å². The van der Waals surface area contributed by atoms with Crippen LogP contribution < -0.4 is 10.5 Å². The van der Waals surface area contributed by atoms with Crippen molar-refractivity contribution >= 4 is 11.7 Å². The fraction of sp³-hybridized carbons (Fsp3) is 0.346. The standard InChI is InChI=1S/C26H30N4O2/c1-17-13-20(18-5-10-24(27)28-15-18)14-23(29-17)19-11-12-30(16-19)25(31)26(2,3)21-6-8-22(32-4)9-7-21/h5-10,13-15,19H,11-12,16H2,1-4H3,(H2,27,28)/t19-/m1/s1. The summed E-state index contributed by atoms with van der Waals surface area (Å²) in [4.78, 5) is 24.4. The first-order valence-corrected chi connectivity index (χ1v) is 10.9. The first kappa shape index (κ1) is 21.8. The molecule has 3 aromatic rings. The molecule has 0 saturated carbocycles. The molecule has 32 heavy (non-hydrogen) atoms. The molecule has 4 rings (SSSR count). The summed E-state index contributed by atoms with van der Waals surface area (Å²) in [7, 11) is 1.64. The molecule has 6 heteroatoms. The van der Waals surface area contributed by atoms with Crippen LogP contribution in [0.5, 0.6) is 5.75 Å². The van der Waals surface area contributed by atoms with Gasteiger partial charge in [0.1, 0.15) is 11.6 Å². The lowest BCUT2D eigenvalue weighted by Gasteiger charge is -2.30. The van der Waals surface area contributed by atoms with Crippen LogP contribution in [0.4, 0.5) is 5.82 Å². The number of methoxy groups -OCH3 is 1.